The van der Waals surface area contributed by atoms with Crippen LogP contribution in [0.5, 0.6) is 5.75 Å². The Bertz CT molecular complexity index is 464. The Kier molecular flexibility index (Phi) is 5.82. The zero-order valence-electron chi connectivity index (χ0n) is 10.0. The number of nitriles is 2. The Morgan fingerprint density at radius 1 is 1.22 bits per heavy atom. The highest BCUT2D eigenvalue weighted by atomic mass is 16.5. The lowest BCUT2D eigenvalue weighted by Gasteiger charge is -2.06. The minimum Gasteiger partial charge on any atom is -0.491 e. The summed E-state index contributed by atoms with van der Waals surface area (Å²) in [7, 11) is 1.62. The van der Waals surface area contributed by atoms with Crippen molar-refractivity contribution in [1.82, 2.24) is 0 Å². The molecule has 1 aromatic rings. The topological polar surface area (TPSA) is 78.1 Å². The molecule has 0 bridgehead atoms. The van der Waals surface area contributed by atoms with Gasteiger partial charge in [0.25, 0.3) is 0 Å². The van der Waals surface area contributed by atoms with E-state index in [2.05, 4.69) is 5.32 Å². The van der Waals surface area contributed by atoms with Crippen molar-refractivity contribution in [3.05, 3.63) is 36.0 Å². The molecule has 5 heteroatoms. The van der Waals surface area contributed by atoms with Gasteiger partial charge >= 0.3 is 0 Å². The summed E-state index contributed by atoms with van der Waals surface area (Å²) in [6.07, 6.45) is 1.36. The Labute approximate surface area is 106 Å². The van der Waals surface area contributed by atoms with Gasteiger partial charge in [0, 0.05) is 19.0 Å². The molecule has 92 valence electrons. The Morgan fingerprint density at radius 2 is 1.89 bits per heavy atom. The lowest BCUT2D eigenvalue weighted by atomic mass is 10.3. The van der Waals surface area contributed by atoms with Gasteiger partial charge in [-0.05, 0) is 24.3 Å². The van der Waals surface area contributed by atoms with E-state index in [1.165, 1.54) is 6.20 Å². The normalized spacial score (nSPS) is 8.83. The summed E-state index contributed by atoms with van der Waals surface area (Å²) in [4.78, 5) is 0. The van der Waals surface area contributed by atoms with Crippen LogP contribution in [0.1, 0.15) is 0 Å². The lowest BCUT2D eigenvalue weighted by Crippen LogP contribution is -2.04. The van der Waals surface area contributed by atoms with Crippen molar-refractivity contribution in [1.29, 1.82) is 10.5 Å². The fourth-order valence-corrected chi connectivity index (χ4v) is 1.14. The average molecular weight is 243 g/mol. The third kappa shape index (κ3) is 4.56. The molecule has 0 aromatic heterocycles. The predicted octanol–water partition coefficient (Wildman–Crippen LogP) is 2.05. The lowest BCUT2D eigenvalue weighted by molar-refractivity contribution is 0.146. The predicted molar refractivity (Wildman–Crippen MR) is 66.7 cm³/mol. The van der Waals surface area contributed by atoms with E-state index in [1.54, 1.807) is 43.5 Å². The molecular formula is C13H13N3O2. The number of rotatable bonds is 6. The van der Waals surface area contributed by atoms with E-state index in [4.69, 9.17) is 20.0 Å². The fraction of sp³-hybridized carbons (Fsp3) is 0.231. The first kappa shape index (κ1) is 13.6. The number of nitrogens with one attached hydrogen (secondary N) is 1. The number of anilines is 1. The Morgan fingerprint density at radius 3 is 2.44 bits per heavy atom. The van der Waals surface area contributed by atoms with Crippen LogP contribution in [0.15, 0.2) is 36.0 Å². The highest BCUT2D eigenvalue weighted by Gasteiger charge is 1.95. The molecule has 18 heavy (non-hydrogen) atoms. The van der Waals surface area contributed by atoms with Crippen molar-refractivity contribution < 1.29 is 9.47 Å². The summed E-state index contributed by atoms with van der Waals surface area (Å²) in [5.41, 5.74) is 0.799. The Hall–Kier alpha value is -2.50. The van der Waals surface area contributed by atoms with Gasteiger partial charge in [-0.2, -0.15) is 10.5 Å². The first-order chi connectivity index (χ1) is 8.80. The summed E-state index contributed by atoms with van der Waals surface area (Å²) in [6, 6.07) is 10.7. The molecule has 0 amide bonds. The van der Waals surface area contributed by atoms with Gasteiger partial charge in [-0.3, -0.25) is 0 Å². The van der Waals surface area contributed by atoms with E-state index >= 15 is 0 Å². The molecule has 1 aromatic carbocycles. The van der Waals surface area contributed by atoms with Crippen LogP contribution in [0, 0.1) is 22.7 Å². The van der Waals surface area contributed by atoms with E-state index in [0.717, 1.165) is 11.4 Å². The van der Waals surface area contributed by atoms with Crippen LogP contribution in [0.25, 0.3) is 0 Å². The first-order valence-electron chi connectivity index (χ1n) is 5.29. The summed E-state index contributed by atoms with van der Waals surface area (Å²) >= 11 is 0. The summed E-state index contributed by atoms with van der Waals surface area (Å²) in [5, 5.41) is 20.0. The number of hydrogen-bond donors (Lipinski definition) is 1. The Balaban J connectivity index is 2.53. The van der Waals surface area contributed by atoms with Crippen LogP contribution in [0.4, 0.5) is 5.69 Å². The molecule has 0 aliphatic carbocycles. The van der Waals surface area contributed by atoms with Crippen molar-refractivity contribution in [3.63, 3.8) is 0 Å². The van der Waals surface area contributed by atoms with Gasteiger partial charge in [0.15, 0.2) is 0 Å². The van der Waals surface area contributed by atoms with Gasteiger partial charge in [-0.15, -0.1) is 0 Å². The maximum absolute atomic E-state index is 8.56. The van der Waals surface area contributed by atoms with Crippen molar-refractivity contribution in [2.45, 2.75) is 0 Å². The number of hydrogen-bond acceptors (Lipinski definition) is 5. The average Bonchev–Trinajstić information content (AvgIpc) is 2.42. The maximum Gasteiger partial charge on any atom is 0.145 e. The maximum atomic E-state index is 8.56. The molecule has 0 spiro atoms. The molecule has 0 unspecified atom stereocenters. The minimum atomic E-state index is 0.0235. The van der Waals surface area contributed by atoms with Crippen LogP contribution < -0.4 is 10.1 Å². The van der Waals surface area contributed by atoms with Gasteiger partial charge < -0.3 is 14.8 Å². The van der Waals surface area contributed by atoms with E-state index < -0.39 is 0 Å². The molecule has 0 aliphatic rings. The van der Waals surface area contributed by atoms with Gasteiger partial charge in [0.2, 0.25) is 0 Å². The monoisotopic (exact) mass is 243 g/mol. The molecule has 5 nitrogen and oxygen atoms in total. The molecule has 1 rings (SSSR count). The van der Waals surface area contributed by atoms with Crippen molar-refractivity contribution >= 4 is 5.69 Å². The highest BCUT2D eigenvalue weighted by Crippen LogP contribution is 2.15. The highest BCUT2D eigenvalue weighted by molar-refractivity contribution is 5.51. The van der Waals surface area contributed by atoms with E-state index in [1.807, 2.05) is 0 Å². The van der Waals surface area contributed by atoms with Crippen LogP contribution >= 0.6 is 0 Å². The smallest absolute Gasteiger partial charge is 0.145 e. The van der Waals surface area contributed by atoms with Gasteiger partial charge in [-0.25, -0.2) is 0 Å². The molecule has 0 heterocycles. The van der Waals surface area contributed by atoms with E-state index in [9.17, 15) is 0 Å². The largest absolute Gasteiger partial charge is 0.491 e. The molecular weight excluding hydrogens is 230 g/mol. The summed E-state index contributed by atoms with van der Waals surface area (Å²) < 4.78 is 10.3. The number of methoxy groups -OCH3 is 1. The molecule has 0 saturated heterocycles. The summed E-state index contributed by atoms with van der Waals surface area (Å²) in [6.45, 7) is 1.03. The van der Waals surface area contributed by atoms with E-state index in [0.29, 0.717) is 13.2 Å². The molecule has 0 atom stereocenters. The second-order valence-electron chi connectivity index (χ2n) is 3.29. The zero-order valence-corrected chi connectivity index (χ0v) is 10.0. The second kappa shape index (κ2) is 7.72. The SMILES string of the molecule is COCCOc1ccc(NC=C(C#N)C#N)cc1. The number of ether oxygens (including phenoxy) is 2. The van der Waals surface area contributed by atoms with Crippen molar-refractivity contribution in [2.24, 2.45) is 0 Å². The molecule has 0 fully saturated rings. The van der Waals surface area contributed by atoms with Gasteiger partial charge in [0.1, 0.15) is 30.1 Å². The third-order valence-corrected chi connectivity index (χ3v) is 2.03. The summed E-state index contributed by atoms with van der Waals surface area (Å²) in [5.74, 6) is 0.738. The fourth-order valence-electron chi connectivity index (χ4n) is 1.14. The number of allylic oxidation sites excluding steroid dienone is 1. The van der Waals surface area contributed by atoms with Gasteiger partial charge in [0.05, 0.1) is 6.61 Å². The standard InChI is InChI=1S/C13H13N3O2/c1-17-6-7-18-13-4-2-12(3-5-13)16-10-11(8-14)9-15/h2-5,10,16H,6-7H2,1H3. The third-order valence-electron chi connectivity index (χ3n) is 2.03. The quantitative estimate of drug-likeness (QED) is 0.611. The van der Waals surface area contributed by atoms with Gasteiger partial charge in [-0.1, -0.05) is 0 Å². The first-order valence-corrected chi connectivity index (χ1v) is 5.29. The zero-order chi connectivity index (χ0) is 13.2. The second-order valence-corrected chi connectivity index (χ2v) is 3.29. The number of nitrogens with zero attached hydrogens (tertiary/aromatic N) is 2. The molecule has 0 saturated carbocycles. The molecule has 1 N–H and O–H groups in total. The van der Waals surface area contributed by atoms with Crippen molar-refractivity contribution in [2.75, 3.05) is 25.6 Å². The van der Waals surface area contributed by atoms with Crippen LogP contribution in [-0.4, -0.2) is 20.3 Å². The van der Waals surface area contributed by atoms with Crippen LogP contribution in [-0.2, 0) is 4.74 Å². The van der Waals surface area contributed by atoms with E-state index in [-0.39, 0.29) is 5.57 Å². The molecule has 0 radical (unpaired) electrons. The van der Waals surface area contributed by atoms with Crippen molar-refractivity contribution in [3.8, 4) is 17.9 Å². The minimum absolute atomic E-state index is 0.0235. The van der Waals surface area contributed by atoms with Crippen LogP contribution in [0.3, 0.4) is 0 Å². The molecule has 0 aliphatic heterocycles. The van der Waals surface area contributed by atoms with Crippen LogP contribution in [0.2, 0.25) is 0 Å². The number of benzene rings is 1.